The van der Waals surface area contributed by atoms with Crippen molar-refractivity contribution in [1.82, 2.24) is 14.9 Å². The Hall–Kier alpha value is -1.85. The van der Waals surface area contributed by atoms with Crippen molar-refractivity contribution in [3.8, 4) is 0 Å². The molecule has 1 rings (SSSR count). The number of likely N-dealkylation sites (N-methyl/N-ethyl adjacent to an activating group) is 1. The Kier molecular flexibility index (Phi) is 6.76. The van der Waals surface area contributed by atoms with Crippen molar-refractivity contribution in [3.63, 3.8) is 0 Å². The van der Waals surface area contributed by atoms with Crippen LogP contribution in [-0.2, 0) is 11.2 Å². The van der Waals surface area contributed by atoms with Crippen LogP contribution in [0.4, 0.5) is 11.6 Å². The molecule has 112 valence electrons. The molecule has 0 saturated heterocycles. The van der Waals surface area contributed by atoms with Gasteiger partial charge in [0, 0.05) is 26.2 Å². The van der Waals surface area contributed by atoms with Crippen LogP contribution in [0.1, 0.15) is 32.3 Å². The molecule has 1 aromatic rings. The SMILES string of the molecule is CCCNc1ncnc(NCC(=O)N(C)C)c1CCC. The Labute approximate surface area is 121 Å². The Balaban J connectivity index is 2.85. The summed E-state index contributed by atoms with van der Waals surface area (Å²) >= 11 is 0. The second-order valence-electron chi connectivity index (χ2n) is 4.87. The molecule has 0 bridgehead atoms. The van der Waals surface area contributed by atoms with E-state index in [0.29, 0.717) is 0 Å². The van der Waals surface area contributed by atoms with Crippen molar-refractivity contribution < 1.29 is 4.79 Å². The zero-order valence-corrected chi connectivity index (χ0v) is 12.9. The minimum atomic E-state index is 0.0223. The minimum Gasteiger partial charge on any atom is -0.370 e. The van der Waals surface area contributed by atoms with Gasteiger partial charge < -0.3 is 15.5 Å². The molecule has 6 heteroatoms. The molecule has 0 atom stereocenters. The van der Waals surface area contributed by atoms with E-state index >= 15 is 0 Å². The molecule has 0 spiro atoms. The predicted molar refractivity (Wildman–Crippen MR) is 82.0 cm³/mol. The van der Waals surface area contributed by atoms with Crippen molar-refractivity contribution in [2.75, 3.05) is 37.8 Å². The summed E-state index contributed by atoms with van der Waals surface area (Å²) in [5.41, 5.74) is 1.05. The molecule has 2 N–H and O–H groups in total. The molecule has 0 fully saturated rings. The highest BCUT2D eigenvalue weighted by Crippen LogP contribution is 2.21. The first-order valence-corrected chi connectivity index (χ1v) is 7.11. The second-order valence-corrected chi connectivity index (χ2v) is 4.87. The standard InChI is InChI=1S/C14H25N5O/c1-5-7-11-13(15-8-6-2)17-10-18-14(11)16-9-12(20)19(3)4/h10H,5-9H2,1-4H3,(H2,15,16,17,18). The molecule has 1 heterocycles. The van der Waals surface area contributed by atoms with E-state index in [4.69, 9.17) is 0 Å². The highest BCUT2D eigenvalue weighted by Gasteiger charge is 2.12. The van der Waals surface area contributed by atoms with Crippen LogP contribution in [0.25, 0.3) is 0 Å². The van der Waals surface area contributed by atoms with E-state index < -0.39 is 0 Å². The zero-order chi connectivity index (χ0) is 15.0. The maximum atomic E-state index is 11.6. The van der Waals surface area contributed by atoms with Gasteiger partial charge in [0.2, 0.25) is 5.91 Å². The third kappa shape index (κ3) is 4.68. The summed E-state index contributed by atoms with van der Waals surface area (Å²) in [5, 5.41) is 6.43. The lowest BCUT2D eigenvalue weighted by atomic mass is 10.1. The summed E-state index contributed by atoms with van der Waals surface area (Å²) in [7, 11) is 3.48. The van der Waals surface area contributed by atoms with Gasteiger partial charge >= 0.3 is 0 Å². The zero-order valence-electron chi connectivity index (χ0n) is 12.9. The molecule has 0 aliphatic heterocycles. The average molecular weight is 279 g/mol. The van der Waals surface area contributed by atoms with Crippen LogP contribution in [-0.4, -0.2) is 48.0 Å². The fraction of sp³-hybridized carbons (Fsp3) is 0.643. The van der Waals surface area contributed by atoms with Gasteiger partial charge in [-0.2, -0.15) is 0 Å². The van der Waals surface area contributed by atoms with E-state index in [1.165, 1.54) is 6.33 Å². The number of anilines is 2. The minimum absolute atomic E-state index is 0.0223. The second kappa shape index (κ2) is 8.35. The summed E-state index contributed by atoms with van der Waals surface area (Å²) in [6.07, 6.45) is 4.45. The number of carbonyl (C=O) groups excluding carboxylic acids is 1. The van der Waals surface area contributed by atoms with Crippen LogP contribution >= 0.6 is 0 Å². The number of rotatable bonds is 8. The van der Waals surface area contributed by atoms with E-state index in [2.05, 4.69) is 34.4 Å². The van der Waals surface area contributed by atoms with Crippen molar-refractivity contribution in [3.05, 3.63) is 11.9 Å². The number of nitrogens with one attached hydrogen (secondary N) is 2. The Morgan fingerprint density at radius 3 is 2.35 bits per heavy atom. The number of hydrogen-bond donors (Lipinski definition) is 2. The van der Waals surface area contributed by atoms with Crippen molar-refractivity contribution in [1.29, 1.82) is 0 Å². The van der Waals surface area contributed by atoms with E-state index in [0.717, 1.165) is 43.0 Å². The first-order chi connectivity index (χ1) is 9.60. The topological polar surface area (TPSA) is 70.1 Å². The molecule has 0 aliphatic carbocycles. The lowest BCUT2D eigenvalue weighted by Gasteiger charge is -2.16. The molecular formula is C14H25N5O. The summed E-state index contributed by atoms with van der Waals surface area (Å²) in [5.74, 6) is 1.63. The van der Waals surface area contributed by atoms with E-state index in [1.807, 2.05) is 0 Å². The highest BCUT2D eigenvalue weighted by molar-refractivity contribution is 5.80. The first kappa shape index (κ1) is 16.2. The average Bonchev–Trinajstić information content (AvgIpc) is 2.44. The number of carbonyl (C=O) groups is 1. The molecular weight excluding hydrogens is 254 g/mol. The third-order valence-electron chi connectivity index (χ3n) is 2.89. The largest absolute Gasteiger partial charge is 0.370 e. The van der Waals surface area contributed by atoms with Gasteiger partial charge in [-0.25, -0.2) is 9.97 Å². The predicted octanol–water partition coefficient (Wildman–Crippen LogP) is 1.75. The van der Waals surface area contributed by atoms with Crippen LogP contribution in [0.15, 0.2) is 6.33 Å². The van der Waals surface area contributed by atoms with Gasteiger partial charge in [0.15, 0.2) is 0 Å². The maximum absolute atomic E-state index is 11.6. The molecule has 20 heavy (non-hydrogen) atoms. The van der Waals surface area contributed by atoms with Crippen molar-refractivity contribution in [2.24, 2.45) is 0 Å². The lowest BCUT2D eigenvalue weighted by molar-refractivity contribution is -0.126. The van der Waals surface area contributed by atoms with E-state index in [-0.39, 0.29) is 12.5 Å². The Bertz CT molecular complexity index is 434. The van der Waals surface area contributed by atoms with Gasteiger partial charge in [-0.3, -0.25) is 4.79 Å². The number of nitrogens with zero attached hydrogens (tertiary/aromatic N) is 3. The molecule has 1 amide bonds. The smallest absolute Gasteiger partial charge is 0.241 e. The van der Waals surface area contributed by atoms with Crippen molar-refractivity contribution >= 4 is 17.5 Å². The third-order valence-corrected chi connectivity index (χ3v) is 2.89. The van der Waals surface area contributed by atoms with Crippen LogP contribution in [0.3, 0.4) is 0 Å². The normalized spacial score (nSPS) is 10.2. The Morgan fingerprint density at radius 2 is 1.80 bits per heavy atom. The van der Waals surface area contributed by atoms with Crippen LogP contribution in [0.5, 0.6) is 0 Å². The molecule has 6 nitrogen and oxygen atoms in total. The van der Waals surface area contributed by atoms with Crippen LogP contribution < -0.4 is 10.6 Å². The van der Waals surface area contributed by atoms with Gasteiger partial charge in [0.05, 0.1) is 6.54 Å². The van der Waals surface area contributed by atoms with Gasteiger partial charge in [0.1, 0.15) is 18.0 Å². The molecule has 0 saturated carbocycles. The van der Waals surface area contributed by atoms with Crippen LogP contribution in [0, 0.1) is 0 Å². The van der Waals surface area contributed by atoms with Crippen LogP contribution in [0.2, 0.25) is 0 Å². The maximum Gasteiger partial charge on any atom is 0.241 e. The number of amides is 1. The molecule has 0 aromatic carbocycles. The first-order valence-electron chi connectivity index (χ1n) is 7.11. The lowest BCUT2D eigenvalue weighted by Crippen LogP contribution is -2.29. The number of aromatic nitrogens is 2. The van der Waals surface area contributed by atoms with E-state index in [9.17, 15) is 4.79 Å². The molecule has 0 radical (unpaired) electrons. The van der Waals surface area contributed by atoms with Gasteiger partial charge in [0.25, 0.3) is 0 Å². The summed E-state index contributed by atoms with van der Waals surface area (Å²) in [6.45, 7) is 5.35. The van der Waals surface area contributed by atoms with Crippen molar-refractivity contribution in [2.45, 2.75) is 33.1 Å². The molecule has 0 aliphatic rings. The highest BCUT2D eigenvalue weighted by atomic mass is 16.2. The fourth-order valence-electron chi connectivity index (χ4n) is 1.76. The van der Waals surface area contributed by atoms with Gasteiger partial charge in [-0.1, -0.05) is 20.3 Å². The van der Waals surface area contributed by atoms with Gasteiger partial charge in [-0.05, 0) is 12.8 Å². The Morgan fingerprint density at radius 1 is 1.15 bits per heavy atom. The summed E-state index contributed by atoms with van der Waals surface area (Å²) in [4.78, 5) is 21.8. The summed E-state index contributed by atoms with van der Waals surface area (Å²) < 4.78 is 0. The number of hydrogen-bond acceptors (Lipinski definition) is 5. The van der Waals surface area contributed by atoms with Gasteiger partial charge in [-0.15, -0.1) is 0 Å². The quantitative estimate of drug-likeness (QED) is 0.758. The molecule has 0 unspecified atom stereocenters. The summed E-state index contributed by atoms with van der Waals surface area (Å²) in [6, 6.07) is 0. The fourth-order valence-corrected chi connectivity index (χ4v) is 1.76. The molecule has 1 aromatic heterocycles. The van der Waals surface area contributed by atoms with E-state index in [1.54, 1.807) is 19.0 Å². The monoisotopic (exact) mass is 279 g/mol.